The molecule has 0 bridgehead atoms. The molecule has 9 heteroatoms. The van der Waals surface area contributed by atoms with Gasteiger partial charge in [0.25, 0.3) is 0 Å². The molecule has 0 aliphatic carbocycles. The van der Waals surface area contributed by atoms with Crippen LogP contribution in [0.15, 0.2) is 121 Å². The Bertz CT molecular complexity index is 1490. The Morgan fingerprint density at radius 2 is 1.00 bits per heavy atom. The number of nitrogens with zero attached hydrogens (tertiary/aromatic N) is 1. The monoisotopic (exact) mass is 668 g/mol. The average Bonchev–Trinajstić information content (AvgIpc) is 3.15. The maximum atomic E-state index is 12.1. The first-order valence-corrected chi connectivity index (χ1v) is 16.5. The molecule has 260 valence electrons. The quantitative estimate of drug-likeness (QED) is 0.0727. The van der Waals surface area contributed by atoms with E-state index in [0.717, 1.165) is 36.0 Å². The molecule has 9 nitrogen and oxygen atoms in total. The molecule has 2 atom stereocenters. The topological polar surface area (TPSA) is 103 Å². The van der Waals surface area contributed by atoms with E-state index < -0.39 is 5.92 Å². The largest absolute Gasteiger partial charge is 0.469 e. The average molecular weight is 669 g/mol. The summed E-state index contributed by atoms with van der Waals surface area (Å²) in [5.41, 5.74) is 7.28. The second-order valence-electron chi connectivity index (χ2n) is 11.5. The number of aryl methyl sites for hydroxylation is 2. The first-order chi connectivity index (χ1) is 23.9. The van der Waals surface area contributed by atoms with E-state index in [2.05, 4.69) is 17.6 Å². The molecule has 4 rings (SSSR count). The summed E-state index contributed by atoms with van der Waals surface area (Å²) in [4.78, 5) is 47.0. The van der Waals surface area contributed by atoms with Crippen LogP contribution in [-0.2, 0) is 59.6 Å². The van der Waals surface area contributed by atoms with E-state index in [4.69, 9.17) is 19.1 Å². The third-order valence-electron chi connectivity index (χ3n) is 7.80. The van der Waals surface area contributed by atoms with E-state index in [9.17, 15) is 14.4 Å². The molecule has 0 aliphatic rings. The zero-order valence-corrected chi connectivity index (χ0v) is 28.7. The van der Waals surface area contributed by atoms with Crippen molar-refractivity contribution in [1.29, 1.82) is 0 Å². The van der Waals surface area contributed by atoms with Gasteiger partial charge in [0.05, 0.1) is 39.2 Å². The van der Waals surface area contributed by atoms with Crippen LogP contribution in [0, 0.1) is 11.8 Å². The number of methoxy groups -OCH3 is 2. The third-order valence-corrected chi connectivity index (χ3v) is 7.80. The molecule has 0 heterocycles. The Kier molecular flexibility index (Phi) is 17.9. The van der Waals surface area contributed by atoms with E-state index >= 15 is 0 Å². The van der Waals surface area contributed by atoms with E-state index in [1.54, 1.807) is 0 Å². The van der Waals surface area contributed by atoms with E-state index in [-0.39, 0.29) is 36.9 Å². The summed E-state index contributed by atoms with van der Waals surface area (Å²) in [5.74, 6) is -1.46. The molecule has 0 aromatic heterocycles. The number of benzene rings is 4. The number of hydroxylamine groups is 3. The molecule has 1 N–H and O–H groups in total. The fourth-order valence-electron chi connectivity index (χ4n) is 4.96. The van der Waals surface area contributed by atoms with Crippen molar-refractivity contribution in [1.82, 2.24) is 10.5 Å². The highest BCUT2D eigenvalue weighted by Gasteiger charge is 2.25. The van der Waals surface area contributed by atoms with Crippen LogP contribution < -0.4 is 5.48 Å². The summed E-state index contributed by atoms with van der Waals surface area (Å²) >= 11 is 0. The molecule has 2 unspecified atom stereocenters. The lowest BCUT2D eigenvalue weighted by molar-refractivity contribution is -0.195. The summed E-state index contributed by atoms with van der Waals surface area (Å²) in [5, 5.41) is 1.25. The van der Waals surface area contributed by atoms with E-state index in [1.807, 2.05) is 109 Å². The van der Waals surface area contributed by atoms with Gasteiger partial charge in [-0.15, -0.1) is 0 Å². The first kappa shape index (κ1) is 38.6. The van der Waals surface area contributed by atoms with Crippen molar-refractivity contribution >= 4 is 17.8 Å². The Labute approximate surface area is 290 Å². The van der Waals surface area contributed by atoms with Crippen molar-refractivity contribution in [3.8, 4) is 0 Å². The van der Waals surface area contributed by atoms with Gasteiger partial charge in [-0.05, 0) is 47.9 Å². The third kappa shape index (κ3) is 15.3. The van der Waals surface area contributed by atoms with Gasteiger partial charge >= 0.3 is 11.9 Å². The number of ether oxygens (including phenoxy) is 2. The van der Waals surface area contributed by atoms with Gasteiger partial charge < -0.3 is 9.47 Å². The Morgan fingerprint density at radius 3 is 1.45 bits per heavy atom. The lowest BCUT2D eigenvalue weighted by atomic mass is 9.99. The number of carbonyl (C=O) groups excluding carboxylic acids is 3. The molecule has 4 aromatic carbocycles. The maximum absolute atomic E-state index is 12.1. The van der Waals surface area contributed by atoms with Gasteiger partial charge in [0.15, 0.2) is 0 Å². The number of rotatable bonds is 18. The van der Waals surface area contributed by atoms with Crippen LogP contribution in [0.5, 0.6) is 0 Å². The van der Waals surface area contributed by atoms with Crippen LogP contribution in [0.4, 0.5) is 0 Å². The number of carbonyl (C=O) groups is 3. The fourth-order valence-corrected chi connectivity index (χ4v) is 4.96. The zero-order chi connectivity index (χ0) is 35.1. The van der Waals surface area contributed by atoms with Crippen molar-refractivity contribution in [2.24, 2.45) is 11.8 Å². The maximum Gasteiger partial charge on any atom is 0.310 e. The van der Waals surface area contributed by atoms with Crippen LogP contribution in [-0.4, -0.2) is 50.2 Å². The Hall–Kier alpha value is -4.83. The molecule has 0 saturated heterocycles. The highest BCUT2D eigenvalue weighted by molar-refractivity contribution is 5.75. The molecule has 0 radical (unpaired) electrons. The summed E-state index contributed by atoms with van der Waals surface area (Å²) in [6.45, 7) is 2.77. The number of amides is 1. The summed E-state index contributed by atoms with van der Waals surface area (Å²) in [6.07, 6.45) is 2.86. The zero-order valence-electron chi connectivity index (χ0n) is 28.7. The Morgan fingerprint density at radius 1 is 0.592 bits per heavy atom. The smallest absolute Gasteiger partial charge is 0.310 e. The van der Waals surface area contributed by atoms with Crippen molar-refractivity contribution in [3.63, 3.8) is 0 Å². The van der Waals surface area contributed by atoms with E-state index in [0.29, 0.717) is 19.6 Å². The molecular formula is C40H48N2O7. The SMILES string of the molecule is COC(=O)C(CCc1ccccc1)CN(OCc1ccccc1)C(C)=O.COC(=O)C(CCc1ccccc1)CNOCc1ccccc1. The van der Waals surface area contributed by atoms with Gasteiger partial charge in [-0.3, -0.25) is 24.1 Å². The molecule has 1 amide bonds. The van der Waals surface area contributed by atoms with Crippen LogP contribution in [0.25, 0.3) is 0 Å². The standard InChI is InChI=1S/C21H25NO4.C19H23NO3/c1-17(23)22(26-16-19-11-7-4-8-12-19)15-20(21(24)25-2)14-13-18-9-5-3-6-10-18;1-22-19(21)18(13-12-16-8-4-2-5-9-16)14-20-23-15-17-10-6-3-7-11-17/h3-12,20H,13-16H2,1-2H3;2-11,18,20H,12-15H2,1H3. The lowest BCUT2D eigenvalue weighted by Gasteiger charge is -2.24. The van der Waals surface area contributed by atoms with Gasteiger partial charge in [-0.2, -0.15) is 0 Å². The summed E-state index contributed by atoms with van der Waals surface area (Å²) in [7, 11) is 2.78. The van der Waals surface area contributed by atoms with Crippen molar-refractivity contribution < 1.29 is 33.5 Å². The minimum atomic E-state index is -0.445. The number of esters is 2. The van der Waals surface area contributed by atoms with Crippen LogP contribution in [0.2, 0.25) is 0 Å². The van der Waals surface area contributed by atoms with E-state index in [1.165, 1.54) is 31.8 Å². The normalized spacial score (nSPS) is 11.7. The number of hydrogen-bond donors (Lipinski definition) is 1. The molecule has 4 aromatic rings. The van der Waals surface area contributed by atoms with Crippen LogP contribution >= 0.6 is 0 Å². The summed E-state index contributed by atoms with van der Waals surface area (Å²) < 4.78 is 9.79. The summed E-state index contributed by atoms with van der Waals surface area (Å²) in [6, 6.07) is 39.5. The minimum Gasteiger partial charge on any atom is -0.469 e. The second kappa shape index (κ2) is 22.7. The van der Waals surface area contributed by atoms with Crippen molar-refractivity contribution in [3.05, 3.63) is 144 Å². The fraction of sp³-hybridized carbons (Fsp3) is 0.325. The lowest BCUT2D eigenvalue weighted by Crippen LogP contribution is -2.37. The van der Waals surface area contributed by atoms with Gasteiger partial charge in [0.2, 0.25) is 5.91 Å². The Balaban J connectivity index is 0.000000267. The first-order valence-electron chi connectivity index (χ1n) is 16.5. The molecule has 49 heavy (non-hydrogen) atoms. The second-order valence-corrected chi connectivity index (χ2v) is 11.5. The van der Waals surface area contributed by atoms with Crippen molar-refractivity contribution in [2.45, 2.75) is 45.8 Å². The number of hydrogen-bond acceptors (Lipinski definition) is 8. The molecule has 0 saturated carbocycles. The highest BCUT2D eigenvalue weighted by atomic mass is 16.7. The predicted octanol–water partition coefficient (Wildman–Crippen LogP) is 6.52. The van der Waals surface area contributed by atoms with Gasteiger partial charge in [0, 0.05) is 13.5 Å². The molecular weight excluding hydrogens is 620 g/mol. The van der Waals surface area contributed by atoms with Crippen LogP contribution in [0.3, 0.4) is 0 Å². The molecule has 0 fully saturated rings. The molecule has 0 spiro atoms. The highest BCUT2D eigenvalue weighted by Crippen LogP contribution is 2.15. The minimum absolute atomic E-state index is 0.168. The van der Waals surface area contributed by atoms with Gasteiger partial charge in [-0.25, -0.2) is 10.5 Å². The number of nitrogens with one attached hydrogen (secondary N) is 1. The molecule has 0 aliphatic heterocycles. The van der Waals surface area contributed by atoms with Crippen molar-refractivity contribution in [2.75, 3.05) is 27.3 Å². The van der Waals surface area contributed by atoms with Gasteiger partial charge in [0.1, 0.15) is 6.61 Å². The van der Waals surface area contributed by atoms with Crippen LogP contribution in [0.1, 0.15) is 42.0 Å². The van der Waals surface area contributed by atoms with Gasteiger partial charge in [-0.1, -0.05) is 121 Å². The predicted molar refractivity (Wildman–Crippen MR) is 188 cm³/mol.